The van der Waals surface area contributed by atoms with Crippen LogP contribution in [0, 0.1) is 0 Å². The average Bonchev–Trinajstić information content (AvgIpc) is 2.75. The van der Waals surface area contributed by atoms with Crippen LogP contribution in [-0.4, -0.2) is 66.7 Å². The normalized spacial score (nSPS) is 17.8. The van der Waals surface area contributed by atoms with Crippen LogP contribution in [0.1, 0.15) is 18.4 Å². The first-order chi connectivity index (χ1) is 14.6. The van der Waals surface area contributed by atoms with Crippen molar-refractivity contribution in [2.24, 2.45) is 4.99 Å². The monoisotopic (exact) mass is 430 g/mol. The molecule has 0 bridgehead atoms. The summed E-state index contributed by atoms with van der Waals surface area (Å²) in [5.74, 6) is 1.62. The molecule has 2 aliphatic rings. The Hall–Kier alpha value is -2.42. The Bertz CT molecular complexity index is 914. The molecule has 1 saturated heterocycles. The van der Waals surface area contributed by atoms with Crippen LogP contribution < -0.4 is 15.4 Å². The second kappa shape index (κ2) is 9.16. The Morgan fingerprint density at radius 1 is 1.27 bits per heavy atom. The number of benzene rings is 1. The average molecular weight is 431 g/mol. The van der Waals surface area contributed by atoms with Gasteiger partial charge >= 0.3 is 6.01 Å². The van der Waals surface area contributed by atoms with Gasteiger partial charge in [-0.2, -0.15) is 4.98 Å². The molecule has 0 aliphatic carbocycles. The summed E-state index contributed by atoms with van der Waals surface area (Å²) in [5.41, 5.74) is 1.51. The summed E-state index contributed by atoms with van der Waals surface area (Å²) in [7, 11) is 3.78. The lowest BCUT2D eigenvalue weighted by Crippen LogP contribution is -2.58. The van der Waals surface area contributed by atoms with Gasteiger partial charge in [-0.15, -0.1) is 0 Å². The molecule has 3 heterocycles. The Morgan fingerprint density at radius 2 is 2.10 bits per heavy atom. The van der Waals surface area contributed by atoms with E-state index in [1.807, 2.05) is 18.2 Å². The number of aliphatic imine (C=N–C) groups is 1. The van der Waals surface area contributed by atoms with E-state index >= 15 is 0 Å². The third-order valence-corrected chi connectivity index (χ3v) is 5.73. The first-order valence-electron chi connectivity index (χ1n) is 10.1. The predicted octanol–water partition coefficient (Wildman–Crippen LogP) is 2.86. The van der Waals surface area contributed by atoms with Crippen molar-refractivity contribution in [3.63, 3.8) is 0 Å². The van der Waals surface area contributed by atoms with Crippen molar-refractivity contribution in [1.29, 1.82) is 0 Å². The van der Waals surface area contributed by atoms with Gasteiger partial charge in [0, 0.05) is 31.8 Å². The Balaban J connectivity index is 1.58. The second-order valence-corrected chi connectivity index (χ2v) is 8.12. The smallest absolute Gasteiger partial charge is 0.318 e. The van der Waals surface area contributed by atoms with Crippen LogP contribution in [0.3, 0.4) is 0 Å². The summed E-state index contributed by atoms with van der Waals surface area (Å²) in [6.07, 6.45) is 3.54. The number of likely N-dealkylation sites (tertiary alicyclic amines) is 1. The van der Waals surface area contributed by atoms with Crippen LogP contribution in [0.4, 0.5) is 11.5 Å². The molecule has 4 rings (SSSR count). The minimum absolute atomic E-state index is 0.295. The van der Waals surface area contributed by atoms with E-state index in [0.717, 1.165) is 42.4 Å². The van der Waals surface area contributed by atoms with E-state index in [2.05, 4.69) is 38.6 Å². The van der Waals surface area contributed by atoms with E-state index in [1.165, 1.54) is 0 Å². The highest BCUT2D eigenvalue weighted by atomic mass is 35.5. The van der Waals surface area contributed by atoms with E-state index in [-0.39, 0.29) is 5.54 Å². The SMILES string of the molecule is COCCOc1ncc2c(n1)NC1(CCN(C)CC1)C(NCc1cccc(Cl)c1)=N2. The number of hydrogen-bond acceptors (Lipinski definition) is 8. The van der Waals surface area contributed by atoms with Gasteiger partial charge in [0.1, 0.15) is 18.1 Å². The Morgan fingerprint density at radius 3 is 2.87 bits per heavy atom. The van der Waals surface area contributed by atoms with Crippen LogP contribution in [0.15, 0.2) is 35.5 Å². The quantitative estimate of drug-likeness (QED) is 0.681. The van der Waals surface area contributed by atoms with Gasteiger partial charge in [-0.25, -0.2) is 9.98 Å². The second-order valence-electron chi connectivity index (χ2n) is 7.68. The number of ether oxygens (including phenoxy) is 2. The number of halogens is 1. The third-order valence-electron chi connectivity index (χ3n) is 5.50. The number of hydrogen-bond donors (Lipinski definition) is 2. The molecule has 1 fully saturated rings. The van der Waals surface area contributed by atoms with Crippen LogP contribution in [0.5, 0.6) is 6.01 Å². The van der Waals surface area contributed by atoms with Gasteiger partial charge in [0.2, 0.25) is 0 Å². The molecule has 9 heteroatoms. The minimum Gasteiger partial charge on any atom is -0.461 e. The number of nitrogens with one attached hydrogen (secondary N) is 2. The number of rotatable bonds is 6. The van der Waals surface area contributed by atoms with E-state index in [0.29, 0.717) is 37.3 Å². The van der Waals surface area contributed by atoms with Gasteiger partial charge in [-0.3, -0.25) is 0 Å². The van der Waals surface area contributed by atoms with Crippen molar-refractivity contribution in [3.05, 3.63) is 41.0 Å². The van der Waals surface area contributed by atoms with Gasteiger partial charge in [-0.05, 0) is 37.6 Å². The maximum absolute atomic E-state index is 6.14. The third kappa shape index (κ3) is 4.66. The van der Waals surface area contributed by atoms with Crippen LogP contribution in [0.25, 0.3) is 0 Å². The number of aromatic nitrogens is 2. The summed E-state index contributed by atoms with van der Waals surface area (Å²) >= 11 is 6.14. The zero-order valence-electron chi connectivity index (χ0n) is 17.3. The van der Waals surface area contributed by atoms with Crippen molar-refractivity contribution in [2.45, 2.75) is 24.9 Å². The van der Waals surface area contributed by atoms with Gasteiger partial charge in [0.05, 0.1) is 18.3 Å². The largest absolute Gasteiger partial charge is 0.461 e. The van der Waals surface area contributed by atoms with Crippen LogP contribution in [-0.2, 0) is 11.3 Å². The summed E-state index contributed by atoms with van der Waals surface area (Å²) in [6.45, 7) is 3.48. The summed E-state index contributed by atoms with van der Waals surface area (Å²) in [4.78, 5) is 16.1. The fourth-order valence-electron chi connectivity index (χ4n) is 3.74. The van der Waals surface area contributed by atoms with Gasteiger partial charge in [0.15, 0.2) is 5.82 Å². The van der Waals surface area contributed by atoms with Gasteiger partial charge in [0.25, 0.3) is 0 Å². The molecule has 2 aromatic rings. The maximum atomic E-state index is 6.14. The number of nitrogens with zero attached hydrogens (tertiary/aromatic N) is 4. The molecule has 1 spiro atoms. The molecule has 1 aromatic carbocycles. The molecule has 160 valence electrons. The number of piperidine rings is 1. The highest BCUT2D eigenvalue weighted by molar-refractivity contribution is 6.30. The molecule has 1 aromatic heterocycles. The fourth-order valence-corrected chi connectivity index (χ4v) is 3.95. The molecule has 2 aliphatic heterocycles. The minimum atomic E-state index is -0.295. The summed E-state index contributed by atoms with van der Waals surface area (Å²) < 4.78 is 10.6. The zero-order chi connectivity index (χ0) is 21.0. The molecule has 30 heavy (non-hydrogen) atoms. The van der Waals surface area contributed by atoms with Crippen molar-refractivity contribution < 1.29 is 9.47 Å². The molecule has 0 radical (unpaired) electrons. The van der Waals surface area contributed by atoms with E-state index in [4.69, 9.17) is 26.1 Å². The van der Waals surface area contributed by atoms with Crippen LogP contribution >= 0.6 is 11.6 Å². The molecular formula is C21H27ClN6O2. The standard InChI is InChI=1S/C21H27ClN6O2/c1-28-8-6-21(7-9-28)19(23-13-15-4-3-5-16(22)12-15)25-17-14-24-20(26-18(17)27-21)30-11-10-29-2/h3-5,12,14H,6-11,13H2,1-2H3,(H,23,25)(H,24,26,27). The summed E-state index contributed by atoms with van der Waals surface area (Å²) in [6, 6.07) is 8.18. The highest BCUT2D eigenvalue weighted by Crippen LogP contribution is 2.37. The Labute approximate surface area is 181 Å². The molecular weight excluding hydrogens is 404 g/mol. The van der Waals surface area contributed by atoms with E-state index in [1.54, 1.807) is 13.3 Å². The maximum Gasteiger partial charge on any atom is 0.318 e. The topological polar surface area (TPSA) is 83.9 Å². The number of amidine groups is 1. The molecule has 0 atom stereocenters. The molecule has 2 N–H and O–H groups in total. The lowest BCUT2D eigenvalue weighted by atomic mass is 9.85. The lowest BCUT2D eigenvalue weighted by Gasteiger charge is -2.44. The number of anilines is 1. The predicted molar refractivity (Wildman–Crippen MR) is 118 cm³/mol. The fraction of sp³-hybridized carbons (Fsp3) is 0.476. The summed E-state index contributed by atoms with van der Waals surface area (Å²) in [5, 5.41) is 7.93. The highest BCUT2D eigenvalue weighted by Gasteiger charge is 2.42. The van der Waals surface area contributed by atoms with Gasteiger partial charge < -0.3 is 25.0 Å². The van der Waals surface area contributed by atoms with Crippen LogP contribution in [0.2, 0.25) is 5.02 Å². The van der Waals surface area contributed by atoms with Crippen molar-refractivity contribution in [2.75, 3.05) is 45.8 Å². The molecule has 0 amide bonds. The van der Waals surface area contributed by atoms with E-state index in [9.17, 15) is 0 Å². The number of methoxy groups -OCH3 is 1. The van der Waals surface area contributed by atoms with Gasteiger partial charge in [-0.1, -0.05) is 23.7 Å². The van der Waals surface area contributed by atoms with Crippen molar-refractivity contribution in [1.82, 2.24) is 20.2 Å². The Kier molecular flexibility index (Phi) is 6.36. The lowest BCUT2D eigenvalue weighted by molar-refractivity contribution is 0.141. The molecule has 0 unspecified atom stereocenters. The molecule has 8 nitrogen and oxygen atoms in total. The van der Waals surface area contributed by atoms with Crippen molar-refractivity contribution in [3.8, 4) is 6.01 Å². The van der Waals surface area contributed by atoms with E-state index < -0.39 is 0 Å². The zero-order valence-corrected chi connectivity index (χ0v) is 18.1. The number of fused-ring (bicyclic) bond motifs is 1. The first-order valence-corrected chi connectivity index (χ1v) is 10.5. The first kappa shape index (κ1) is 20.8. The molecule has 0 saturated carbocycles. The van der Waals surface area contributed by atoms with Crippen molar-refractivity contribution >= 4 is 28.9 Å².